The molecule has 112 valence electrons. The van der Waals surface area contributed by atoms with Gasteiger partial charge in [0.05, 0.1) is 6.07 Å². The van der Waals surface area contributed by atoms with Gasteiger partial charge in [0.15, 0.2) is 0 Å². The van der Waals surface area contributed by atoms with Gasteiger partial charge in [0.2, 0.25) is 0 Å². The Balaban J connectivity index is -0.000000281. The summed E-state index contributed by atoms with van der Waals surface area (Å²) in [5.41, 5.74) is 1.53. The van der Waals surface area contributed by atoms with Crippen molar-refractivity contribution in [1.29, 1.82) is 5.26 Å². The molecule has 1 atom stereocenters. The SMILES string of the molecule is C.C.C.C.CC(C#N)CCC(C)(C)c1ccccc1. The van der Waals surface area contributed by atoms with E-state index in [1.807, 2.05) is 13.0 Å². The van der Waals surface area contributed by atoms with Crippen LogP contribution in [-0.2, 0) is 5.41 Å². The molecule has 1 unspecified atom stereocenters. The maximum atomic E-state index is 8.75. The Morgan fingerprint density at radius 3 is 1.95 bits per heavy atom. The molecule has 1 nitrogen and oxygen atoms in total. The first kappa shape index (κ1) is 26.3. The number of benzene rings is 1. The molecule has 0 spiro atoms. The highest BCUT2D eigenvalue weighted by Gasteiger charge is 2.20. The van der Waals surface area contributed by atoms with Crippen LogP contribution in [0, 0.1) is 17.2 Å². The molecule has 1 heteroatoms. The van der Waals surface area contributed by atoms with Crippen molar-refractivity contribution in [2.75, 3.05) is 0 Å². The molecule has 1 aromatic rings. The average molecular weight is 265 g/mol. The van der Waals surface area contributed by atoms with Gasteiger partial charge in [-0.15, -0.1) is 0 Å². The third kappa shape index (κ3) is 8.43. The smallest absolute Gasteiger partial charge is 0.0652 e. The summed E-state index contributed by atoms with van der Waals surface area (Å²) in [5.74, 6) is 0.160. The lowest BCUT2D eigenvalue weighted by atomic mass is 9.79. The molecule has 1 rings (SSSR count). The maximum absolute atomic E-state index is 8.75. The lowest BCUT2D eigenvalue weighted by Gasteiger charge is -2.25. The minimum absolute atomic E-state index is 0. The van der Waals surface area contributed by atoms with Crippen molar-refractivity contribution in [2.45, 2.75) is 68.7 Å². The summed E-state index contributed by atoms with van der Waals surface area (Å²) >= 11 is 0. The van der Waals surface area contributed by atoms with Gasteiger partial charge in [0.25, 0.3) is 0 Å². The fourth-order valence-electron chi connectivity index (χ4n) is 1.68. The summed E-state index contributed by atoms with van der Waals surface area (Å²) in [4.78, 5) is 0. The molecule has 0 aliphatic carbocycles. The van der Waals surface area contributed by atoms with Gasteiger partial charge in [-0.2, -0.15) is 5.26 Å². The molecule has 0 bridgehead atoms. The quantitative estimate of drug-likeness (QED) is 0.613. The highest BCUT2D eigenvalue weighted by molar-refractivity contribution is 5.23. The van der Waals surface area contributed by atoms with Crippen LogP contribution >= 0.6 is 0 Å². The standard InChI is InChI=1S/C14H19N.4CH4/c1-12(11-15)9-10-14(2,3)13-7-5-4-6-8-13;;;;/h4-8,12H,9-10H2,1-3H3;4*1H4. The van der Waals surface area contributed by atoms with Crippen LogP contribution in [0.3, 0.4) is 0 Å². The zero-order chi connectivity index (χ0) is 11.3. The molecule has 0 saturated heterocycles. The first-order valence-electron chi connectivity index (χ1n) is 5.51. The third-order valence-corrected chi connectivity index (χ3v) is 2.98. The van der Waals surface area contributed by atoms with E-state index in [-0.39, 0.29) is 41.0 Å². The largest absolute Gasteiger partial charge is 0.198 e. The lowest BCUT2D eigenvalue weighted by Crippen LogP contribution is -2.17. The average Bonchev–Trinajstić information content (AvgIpc) is 2.27. The van der Waals surface area contributed by atoms with E-state index in [0.717, 1.165) is 12.8 Å². The van der Waals surface area contributed by atoms with Crippen molar-refractivity contribution in [3.63, 3.8) is 0 Å². The zero-order valence-corrected chi connectivity index (χ0v) is 9.83. The molecule has 0 fully saturated rings. The molecule has 0 aliphatic heterocycles. The van der Waals surface area contributed by atoms with Crippen LogP contribution < -0.4 is 0 Å². The lowest BCUT2D eigenvalue weighted by molar-refractivity contribution is 0.433. The van der Waals surface area contributed by atoms with Gasteiger partial charge in [-0.05, 0) is 30.7 Å². The second kappa shape index (κ2) is 11.8. The van der Waals surface area contributed by atoms with E-state index in [0.29, 0.717) is 0 Å². The molecule has 1 aromatic carbocycles. The minimum Gasteiger partial charge on any atom is -0.198 e. The van der Waals surface area contributed by atoms with Gasteiger partial charge in [0.1, 0.15) is 0 Å². The molecular weight excluding hydrogens is 230 g/mol. The molecule has 0 heterocycles. The molecule has 0 radical (unpaired) electrons. The zero-order valence-electron chi connectivity index (χ0n) is 9.83. The maximum Gasteiger partial charge on any atom is 0.0652 e. The van der Waals surface area contributed by atoms with Gasteiger partial charge in [-0.3, -0.25) is 0 Å². The summed E-state index contributed by atoms with van der Waals surface area (Å²) in [6, 6.07) is 12.8. The molecule has 0 amide bonds. The number of rotatable bonds is 4. The normalized spacial score (nSPS) is 10.4. The van der Waals surface area contributed by atoms with Crippen molar-refractivity contribution in [2.24, 2.45) is 5.92 Å². The van der Waals surface area contributed by atoms with E-state index < -0.39 is 0 Å². The second-order valence-corrected chi connectivity index (χ2v) is 4.82. The Morgan fingerprint density at radius 1 is 1.05 bits per heavy atom. The molecule has 0 saturated carbocycles. The number of hydrogen-bond donors (Lipinski definition) is 0. The van der Waals surface area contributed by atoms with Crippen molar-refractivity contribution >= 4 is 0 Å². The third-order valence-electron chi connectivity index (χ3n) is 2.98. The predicted octanol–water partition coefficient (Wildman–Crippen LogP) is 6.45. The van der Waals surface area contributed by atoms with Gasteiger partial charge in [-0.25, -0.2) is 0 Å². The molecular formula is C18H35N. The van der Waals surface area contributed by atoms with Crippen molar-refractivity contribution < 1.29 is 0 Å². The second-order valence-electron chi connectivity index (χ2n) is 4.82. The summed E-state index contributed by atoms with van der Waals surface area (Å²) < 4.78 is 0. The Hall–Kier alpha value is -1.29. The van der Waals surface area contributed by atoms with Crippen LogP contribution in [0.15, 0.2) is 30.3 Å². The van der Waals surface area contributed by atoms with Crippen LogP contribution in [0.2, 0.25) is 0 Å². The summed E-state index contributed by atoms with van der Waals surface area (Å²) in [7, 11) is 0. The van der Waals surface area contributed by atoms with Gasteiger partial charge in [-0.1, -0.05) is 73.9 Å². The van der Waals surface area contributed by atoms with Crippen LogP contribution in [0.5, 0.6) is 0 Å². The van der Waals surface area contributed by atoms with Crippen LogP contribution in [0.4, 0.5) is 0 Å². The highest BCUT2D eigenvalue weighted by atomic mass is 14.3. The molecule has 19 heavy (non-hydrogen) atoms. The van der Waals surface area contributed by atoms with Crippen molar-refractivity contribution in [3.05, 3.63) is 35.9 Å². The highest BCUT2D eigenvalue weighted by Crippen LogP contribution is 2.29. The van der Waals surface area contributed by atoms with Gasteiger partial charge >= 0.3 is 0 Å². The van der Waals surface area contributed by atoms with Crippen LogP contribution in [0.25, 0.3) is 0 Å². The molecule has 0 N–H and O–H groups in total. The molecule has 0 aromatic heterocycles. The van der Waals surface area contributed by atoms with Crippen LogP contribution in [-0.4, -0.2) is 0 Å². The summed E-state index contributed by atoms with van der Waals surface area (Å²) in [6.07, 6.45) is 2.03. The van der Waals surface area contributed by atoms with Crippen molar-refractivity contribution in [1.82, 2.24) is 0 Å². The van der Waals surface area contributed by atoms with Crippen LogP contribution in [0.1, 0.15) is 68.9 Å². The monoisotopic (exact) mass is 265 g/mol. The number of nitriles is 1. The van der Waals surface area contributed by atoms with Gasteiger partial charge in [0, 0.05) is 5.92 Å². The van der Waals surface area contributed by atoms with E-state index >= 15 is 0 Å². The van der Waals surface area contributed by atoms with E-state index in [2.05, 4.69) is 44.2 Å². The van der Waals surface area contributed by atoms with E-state index in [4.69, 9.17) is 5.26 Å². The number of hydrogen-bond acceptors (Lipinski definition) is 1. The number of nitrogens with zero attached hydrogens (tertiary/aromatic N) is 1. The fourth-order valence-corrected chi connectivity index (χ4v) is 1.68. The summed E-state index contributed by atoms with van der Waals surface area (Å²) in [5, 5.41) is 8.75. The van der Waals surface area contributed by atoms with Crippen molar-refractivity contribution in [3.8, 4) is 6.07 Å². The fraction of sp³-hybridized carbons (Fsp3) is 0.611. The minimum atomic E-state index is 0. The van der Waals surface area contributed by atoms with Gasteiger partial charge < -0.3 is 0 Å². The predicted molar refractivity (Wildman–Crippen MR) is 90.4 cm³/mol. The van der Waals surface area contributed by atoms with E-state index in [1.54, 1.807) is 0 Å². The van der Waals surface area contributed by atoms with E-state index in [9.17, 15) is 0 Å². The topological polar surface area (TPSA) is 23.8 Å². The molecule has 0 aliphatic rings. The Labute approximate surface area is 122 Å². The Bertz CT molecular complexity index is 332. The Morgan fingerprint density at radius 2 is 1.53 bits per heavy atom. The summed E-state index contributed by atoms with van der Waals surface area (Å²) in [6.45, 7) is 6.47. The van der Waals surface area contributed by atoms with E-state index in [1.165, 1.54) is 5.56 Å². The Kier molecular flexibility index (Phi) is 16.3. The first-order chi connectivity index (χ1) is 7.06. The first-order valence-corrected chi connectivity index (χ1v) is 5.51.